The molecule has 5 nitrogen and oxygen atoms in total. The van der Waals surface area contributed by atoms with Crippen LogP contribution in [0, 0.1) is 5.92 Å². The molecule has 1 fully saturated rings. The first-order valence-corrected chi connectivity index (χ1v) is 10.1. The van der Waals surface area contributed by atoms with E-state index >= 15 is 0 Å². The van der Waals surface area contributed by atoms with E-state index in [1.165, 1.54) is 17.7 Å². The fraction of sp³-hybridized carbons (Fsp3) is 0.316. The standard InChI is InChI=1S/C19H22N2O3S.ClH/c1-25(23,24)17-9-7-15(8-10-17)19(22)21-12-16(11-20)18(13-21)14-5-3-2-4-6-14;/h2-10,16,18H,11-13,20H2,1H3;1H/t16-,18+;/m1./s1. The molecule has 0 spiro atoms. The molecule has 2 aromatic rings. The Morgan fingerprint density at radius 3 is 2.23 bits per heavy atom. The van der Waals surface area contributed by atoms with Crippen molar-refractivity contribution in [3.63, 3.8) is 0 Å². The molecule has 0 radical (unpaired) electrons. The minimum Gasteiger partial charge on any atom is -0.338 e. The average Bonchev–Trinajstić information content (AvgIpc) is 3.05. The zero-order valence-electron chi connectivity index (χ0n) is 14.5. The van der Waals surface area contributed by atoms with Crippen molar-refractivity contribution in [2.45, 2.75) is 10.8 Å². The quantitative estimate of drug-likeness (QED) is 0.862. The van der Waals surface area contributed by atoms with Gasteiger partial charge in [-0.25, -0.2) is 8.42 Å². The molecule has 1 aliphatic heterocycles. The Labute approximate surface area is 160 Å². The maximum absolute atomic E-state index is 12.8. The lowest BCUT2D eigenvalue weighted by atomic mass is 9.89. The molecule has 1 saturated heterocycles. The molecule has 7 heteroatoms. The van der Waals surface area contributed by atoms with Gasteiger partial charge in [-0.15, -0.1) is 12.4 Å². The first kappa shape index (κ1) is 20.4. The van der Waals surface area contributed by atoms with E-state index in [1.807, 2.05) is 23.1 Å². The maximum atomic E-state index is 12.8. The molecule has 1 amide bonds. The molecule has 0 saturated carbocycles. The van der Waals surface area contributed by atoms with Crippen LogP contribution >= 0.6 is 12.4 Å². The van der Waals surface area contributed by atoms with E-state index in [9.17, 15) is 13.2 Å². The number of rotatable bonds is 4. The van der Waals surface area contributed by atoms with E-state index in [4.69, 9.17) is 5.73 Å². The van der Waals surface area contributed by atoms with Crippen LogP contribution in [0.15, 0.2) is 59.5 Å². The van der Waals surface area contributed by atoms with Crippen LogP contribution < -0.4 is 5.73 Å². The normalized spacial score (nSPS) is 19.8. The molecule has 0 aliphatic carbocycles. The highest BCUT2D eigenvalue weighted by molar-refractivity contribution is 7.90. The van der Waals surface area contributed by atoms with Crippen LogP contribution in [0.1, 0.15) is 21.8 Å². The van der Waals surface area contributed by atoms with E-state index in [2.05, 4.69) is 12.1 Å². The van der Waals surface area contributed by atoms with Crippen LogP contribution in [0.25, 0.3) is 0 Å². The summed E-state index contributed by atoms with van der Waals surface area (Å²) in [6.45, 7) is 1.76. The Morgan fingerprint density at radius 2 is 1.69 bits per heavy atom. The van der Waals surface area contributed by atoms with Gasteiger partial charge in [-0.2, -0.15) is 0 Å². The van der Waals surface area contributed by atoms with Crippen molar-refractivity contribution in [1.29, 1.82) is 0 Å². The first-order valence-electron chi connectivity index (χ1n) is 8.24. The van der Waals surface area contributed by atoms with Crippen molar-refractivity contribution in [3.05, 3.63) is 65.7 Å². The predicted molar refractivity (Wildman–Crippen MR) is 104 cm³/mol. The second kappa shape index (κ2) is 8.20. The second-order valence-electron chi connectivity index (χ2n) is 6.52. The predicted octanol–water partition coefficient (Wildman–Crippen LogP) is 2.33. The smallest absolute Gasteiger partial charge is 0.253 e. The van der Waals surface area contributed by atoms with E-state index in [1.54, 1.807) is 12.1 Å². The highest BCUT2D eigenvalue weighted by atomic mass is 35.5. The van der Waals surface area contributed by atoms with E-state index in [-0.39, 0.29) is 35.0 Å². The van der Waals surface area contributed by atoms with Gasteiger partial charge in [0.2, 0.25) is 0 Å². The van der Waals surface area contributed by atoms with Crippen molar-refractivity contribution in [1.82, 2.24) is 4.90 Å². The molecule has 2 aromatic carbocycles. The van der Waals surface area contributed by atoms with Gasteiger partial charge in [0.1, 0.15) is 0 Å². The average molecular weight is 395 g/mol. The number of hydrogen-bond acceptors (Lipinski definition) is 4. The van der Waals surface area contributed by atoms with Gasteiger partial charge in [0.15, 0.2) is 9.84 Å². The molecule has 140 valence electrons. The Hall–Kier alpha value is -1.89. The lowest BCUT2D eigenvalue weighted by Gasteiger charge is -2.17. The SMILES string of the molecule is CS(=O)(=O)c1ccc(C(=O)N2C[C@@H](CN)[C@H](c3ccccc3)C2)cc1.Cl. The number of amides is 1. The Morgan fingerprint density at radius 1 is 1.08 bits per heavy atom. The fourth-order valence-electron chi connectivity index (χ4n) is 3.38. The number of carbonyl (C=O) groups is 1. The van der Waals surface area contributed by atoms with Crippen molar-refractivity contribution in [2.24, 2.45) is 11.7 Å². The lowest BCUT2D eigenvalue weighted by molar-refractivity contribution is 0.0786. The van der Waals surface area contributed by atoms with Crippen LogP contribution in [0.5, 0.6) is 0 Å². The summed E-state index contributed by atoms with van der Waals surface area (Å²) in [7, 11) is -3.26. The van der Waals surface area contributed by atoms with Gasteiger partial charge in [-0.1, -0.05) is 30.3 Å². The van der Waals surface area contributed by atoms with Crippen LogP contribution in [0.4, 0.5) is 0 Å². The molecule has 2 atom stereocenters. The topological polar surface area (TPSA) is 80.5 Å². The summed E-state index contributed by atoms with van der Waals surface area (Å²) >= 11 is 0. The highest BCUT2D eigenvalue weighted by Gasteiger charge is 2.35. The second-order valence-corrected chi connectivity index (χ2v) is 8.54. The number of sulfone groups is 1. The lowest BCUT2D eigenvalue weighted by Crippen LogP contribution is -2.29. The maximum Gasteiger partial charge on any atom is 0.253 e. The first-order chi connectivity index (χ1) is 11.9. The number of halogens is 1. The summed E-state index contributed by atoms with van der Waals surface area (Å²) in [4.78, 5) is 14.8. The third-order valence-electron chi connectivity index (χ3n) is 4.79. The third-order valence-corrected chi connectivity index (χ3v) is 5.92. The molecule has 3 rings (SSSR count). The summed E-state index contributed by atoms with van der Waals surface area (Å²) in [6, 6.07) is 16.2. The summed E-state index contributed by atoms with van der Waals surface area (Å²) < 4.78 is 23.1. The molecule has 26 heavy (non-hydrogen) atoms. The summed E-state index contributed by atoms with van der Waals surface area (Å²) in [6.07, 6.45) is 1.15. The van der Waals surface area contributed by atoms with E-state index in [0.29, 0.717) is 25.2 Å². The molecule has 1 heterocycles. The zero-order chi connectivity index (χ0) is 18.0. The molecular weight excluding hydrogens is 372 g/mol. The number of carbonyl (C=O) groups excluding carboxylic acids is 1. The van der Waals surface area contributed by atoms with Crippen molar-refractivity contribution < 1.29 is 13.2 Å². The number of benzene rings is 2. The van der Waals surface area contributed by atoms with Gasteiger partial charge in [0, 0.05) is 30.8 Å². The van der Waals surface area contributed by atoms with Crippen LogP contribution in [0.2, 0.25) is 0 Å². The molecule has 1 aliphatic rings. The van der Waals surface area contributed by atoms with Gasteiger partial charge in [-0.3, -0.25) is 4.79 Å². The molecule has 0 unspecified atom stereocenters. The fourth-order valence-corrected chi connectivity index (χ4v) is 4.01. The molecule has 0 bridgehead atoms. The summed E-state index contributed by atoms with van der Waals surface area (Å²) in [5.74, 6) is 0.365. The van der Waals surface area contributed by atoms with Gasteiger partial charge >= 0.3 is 0 Å². The van der Waals surface area contributed by atoms with E-state index in [0.717, 1.165) is 6.26 Å². The van der Waals surface area contributed by atoms with Crippen molar-refractivity contribution in [3.8, 4) is 0 Å². The van der Waals surface area contributed by atoms with Crippen LogP contribution in [0.3, 0.4) is 0 Å². The zero-order valence-corrected chi connectivity index (χ0v) is 16.2. The molecule has 2 N–H and O–H groups in total. The molecule has 0 aromatic heterocycles. The molecular formula is C19H23ClN2O3S. The number of nitrogens with two attached hydrogens (primary N) is 1. The minimum absolute atomic E-state index is 0. The monoisotopic (exact) mass is 394 g/mol. The number of likely N-dealkylation sites (tertiary alicyclic amines) is 1. The Balaban J connectivity index is 0.00000243. The van der Waals surface area contributed by atoms with Gasteiger partial charge in [-0.05, 0) is 42.3 Å². The Kier molecular flexibility index (Phi) is 6.44. The van der Waals surface area contributed by atoms with Gasteiger partial charge < -0.3 is 10.6 Å². The largest absolute Gasteiger partial charge is 0.338 e. The third kappa shape index (κ3) is 4.26. The van der Waals surface area contributed by atoms with Crippen LogP contribution in [-0.2, 0) is 9.84 Å². The number of nitrogens with zero attached hydrogens (tertiary/aromatic N) is 1. The highest BCUT2D eigenvalue weighted by Crippen LogP contribution is 2.32. The number of hydrogen-bond donors (Lipinski definition) is 1. The summed E-state index contributed by atoms with van der Waals surface area (Å²) in [5, 5.41) is 0. The van der Waals surface area contributed by atoms with Crippen LogP contribution in [-0.4, -0.2) is 45.1 Å². The van der Waals surface area contributed by atoms with Crippen molar-refractivity contribution >= 4 is 28.2 Å². The minimum atomic E-state index is -3.26. The van der Waals surface area contributed by atoms with Gasteiger partial charge in [0.05, 0.1) is 4.90 Å². The van der Waals surface area contributed by atoms with E-state index < -0.39 is 9.84 Å². The van der Waals surface area contributed by atoms with Crippen molar-refractivity contribution in [2.75, 3.05) is 25.9 Å². The summed E-state index contributed by atoms with van der Waals surface area (Å²) in [5.41, 5.74) is 7.62. The van der Waals surface area contributed by atoms with Gasteiger partial charge in [0.25, 0.3) is 5.91 Å². The Bertz CT molecular complexity index is 854.